The van der Waals surface area contributed by atoms with Gasteiger partial charge in [0.05, 0.1) is 11.3 Å². The lowest BCUT2D eigenvalue weighted by molar-refractivity contribution is -0.125. The molecule has 0 N–H and O–H groups in total. The van der Waals surface area contributed by atoms with Gasteiger partial charge in [-0.1, -0.05) is 11.8 Å². The van der Waals surface area contributed by atoms with Crippen LogP contribution in [-0.2, 0) is 4.79 Å². The predicted molar refractivity (Wildman–Crippen MR) is 58.4 cm³/mol. The van der Waals surface area contributed by atoms with Crippen LogP contribution < -0.4 is 0 Å². The van der Waals surface area contributed by atoms with Crippen LogP contribution in [0.4, 0.5) is 0 Å². The Labute approximate surface area is 92.9 Å². The van der Waals surface area contributed by atoms with Crippen molar-refractivity contribution in [3.05, 3.63) is 23.9 Å². The average molecular weight is 221 g/mol. The van der Waals surface area contributed by atoms with Gasteiger partial charge in [-0.25, -0.2) is 4.98 Å². The molecule has 15 heavy (non-hydrogen) atoms. The zero-order valence-corrected chi connectivity index (χ0v) is 9.41. The monoisotopic (exact) mass is 221 g/mol. The Morgan fingerprint density at radius 3 is 3.00 bits per heavy atom. The SMILES string of the molecule is CN(C)C(=O)CSc1ncccc1C#N. The Balaban J connectivity index is 2.66. The molecular formula is C10H11N3OS. The summed E-state index contributed by atoms with van der Waals surface area (Å²) >= 11 is 1.28. The van der Waals surface area contributed by atoms with Crippen molar-refractivity contribution < 1.29 is 4.79 Å². The fraction of sp³-hybridized carbons (Fsp3) is 0.300. The van der Waals surface area contributed by atoms with Crippen LogP contribution in [0.3, 0.4) is 0 Å². The minimum absolute atomic E-state index is 0.00884. The molecule has 5 heteroatoms. The van der Waals surface area contributed by atoms with E-state index in [0.717, 1.165) is 0 Å². The maximum Gasteiger partial charge on any atom is 0.232 e. The summed E-state index contributed by atoms with van der Waals surface area (Å²) in [4.78, 5) is 16.9. The molecule has 0 aliphatic rings. The van der Waals surface area contributed by atoms with Gasteiger partial charge in [0.1, 0.15) is 11.1 Å². The molecule has 4 nitrogen and oxygen atoms in total. The Morgan fingerprint density at radius 2 is 2.40 bits per heavy atom. The molecule has 0 aliphatic carbocycles. The first kappa shape index (κ1) is 11.5. The van der Waals surface area contributed by atoms with E-state index in [4.69, 9.17) is 5.26 Å². The van der Waals surface area contributed by atoms with Crippen LogP contribution >= 0.6 is 11.8 Å². The molecule has 0 fully saturated rings. The highest BCUT2D eigenvalue weighted by Crippen LogP contribution is 2.18. The van der Waals surface area contributed by atoms with Crippen LogP contribution in [0.2, 0.25) is 0 Å². The third kappa shape index (κ3) is 3.26. The quantitative estimate of drug-likeness (QED) is 0.718. The Bertz CT molecular complexity index is 398. The van der Waals surface area contributed by atoms with Crippen molar-refractivity contribution >= 4 is 17.7 Å². The summed E-state index contributed by atoms with van der Waals surface area (Å²) in [6, 6.07) is 5.43. The van der Waals surface area contributed by atoms with Crippen molar-refractivity contribution in [3.8, 4) is 6.07 Å². The van der Waals surface area contributed by atoms with E-state index in [2.05, 4.69) is 4.98 Å². The Kier molecular flexibility index (Phi) is 4.13. The van der Waals surface area contributed by atoms with Gasteiger partial charge in [-0.2, -0.15) is 5.26 Å². The zero-order valence-electron chi connectivity index (χ0n) is 8.60. The van der Waals surface area contributed by atoms with Gasteiger partial charge in [-0.15, -0.1) is 0 Å². The molecule has 0 saturated carbocycles. The molecule has 1 amide bonds. The van der Waals surface area contributed by atoms with Gasteiger partial charge < -0.3 is 4.90 Å². The van der Waals surface area contributed by atoms with E-state index in [9.17, 15) is 4.79 Å². The van der Waals surface area contributed by atoms with Crippen LogP contribution in [-0.4, -0.2) is 35.6 Å². The molecule has 1 rings (SSSR count). The molecule has 0 saturated heterocycles. The second-order valence-corrected chi connectivity index (χ2v) is 4.01. The molecule has 1 aromatic rings. The van der Waals surface area contributed by atoms with Gasteiger partial charge in [-0.05, 0) is 12.1 Å². The van der Waals surface area contributed by atoms with E-state index in [1.807, 2.05) is 6.07 Å². The third-order valence-corrected chi connectivity index (χ3v) is 2.71. The van der Waals surface area contributed by atoms with Crippen molar-refractivity contribution in [3.63, 3.8) is 0 Å². The van der Waals surface area contributed by atoms with E-state index < -0.39 is 0 Å². The number of carbonyl (C=O) groups excluding carboxylic acids is 1. The molecule has 1 heterocycles. The van der Waals surface area contributed by atoms with Crippen molar-refractivity contribution in [2.75, 3.05) is 19.8 Å². The minimum atomic E-state index is 0.00884. The second-order valence-electron chi connectivity index (χ2n) is 3.04. The van der Waals surface area contributed by atoms with Crippen LogP contribution in [0.5, 0.6) is 0 Å². The van der Waals surface area contributed by atoms with Gasteiger partial charge in [0.15, 0.2) is 0 Å². The first-order chi connectivity index (χ1) is 7.15. The van der Waals surface area contributed by atoms with Crippen LogP contribution in [0.25, 0.3) is 0 Å². The highest BCUT2D eigenvalue weighted by Gasteiger charge is 2.08. The summed E-state index contributed by atoms with van der Waals surface area (Å²) in [6.45, 7) is 0. The first-order valence-electron chi connectivity index (χ1n) is 4.33. The number of pyridine rings is 1. The van der Waals surface area contributed by atoms with Gasteiger partial charge in [0.2, 0.25) is 5.91 Å². The lowest BCUT2D eigenvalue weighted by Gasteiger charge is -2.09. The number of thioether (sulfide) groups is 1. The van der Waals surface area contributed by atoms with Crippen LogP contribution in [0, 0.1) is 11.3 Å². The van der Waals surface area contributed by atoms with Gasteiger partial charge in [0, 0.05) is 20.3 Å². The third-order valence-electron chi connectivity index (χ3n) is 1.72. The van der Waals surface area contributed by atoms with Crippen molar-refractivity contribution in [1.29, 1.82) is 5.26 Å². The molecule has 0 aliphatic heterocycles. The average Bonchev–Trinajstić information content (AvgIpc) is 2.26. The first-order valence-corrected chi connectivity index (χ1v) is 5.31. The number of hydrogen-bond acceptors (Lipinski definition) is 4. The number of hydrogen-bond donors (Lipinski definition) is 0. The number of rotatable bonds is 3. The summed E-state index contributed by atoms with van der Waals surface area (Å²) < 4.78 is 0. The van der Waals surface area contributed by atoms with Crippen molar-refractivity contribution in [2.45, 2.75) is 5.03 Å². The molecule has 0 radical (unpaired) electrons. The largest absolute Gasteiger partial charge is 0.348 e. The van der Waals surface area contributed by atoms with Gasteiger partial charge in [-0.3, -0.25) is 4.79 Å². The van der Waals surface area contributed by atoms with E-state index in [0.29, 0.717) is 16.3 Å². The standard InChI is InChI=1S/C10H11N3OS/c1-13(2)9(14)7-15-10-8(6-11)4-3-5-12-10/h3-5H,7H2,1-2H3. The topological polar surface area (TPSA) is 57.0 Å². The summed E-state index contributed by atoms with van der Waals surface area (Å²) in [5, 5.41) is 9.40. The van der Waals surface area contributed by atoms with Gasteiger partial charge >= 0.3 is 0 Å². The summed E-state index contributed by atoms with van der Waals surface area (Å²) in [5.74, 6) is 0.313. The van der Waals surface area contributed by atoms with E-state index >= 15 is 0 Å². The molecule has 0 spiro atoms. The minimum Gasteiger partial charge on any atom is -0.348 e. The number of aromatic nitrogens is 1. The van der Waals surface area contributed by atoms with Crippen LogP contribution in [0.1, 0.15) is 5.56 Å². The zero-order chi connectivity index (χ0) is 11.3. The molecule has 78 valence electrons. The van der Waals surface area contributed by atoms with E-state index in [1.54, 1.807) is 32.4 Å². The van der Waals surface area contributed by atoms with E-state index in [1.165, 1.54) is 16.7 Å². The predicted octanol–water partition coefficient (Wildman–Crippen LogP) is 1.13. The second kappa shape index (κ2) is 5.37. The number of amides is 1. The Hall–Kier alpha value is -1.54. The number of nitriles is 1. The maximum absolute atomic E-state index is 11.3. The smallest absolute Gasteiger partial charge is 0.232 e. The highest BCUT2D eigenvalue weighted by molar-refractivity contribution is 7.99. The summed E-state index contributed by atoms with van der Waals surface area (Å²) in [7, 11) is 3.40. The fourth-order valence-electron chi connectivity index (χ4n) is 0.850. The Morgan fingerprint density at radius 1 is 1.67 bits per heavy atom. The highest BCUT2D eigenvalue weighted by atomic mass is 32.2. The summed E-state index contributed by atoms with van der Waals surface area (Å²) in [5.41, 5.74) is 0.508. The lowest BCUT2D eigenvalue weighted by atomic mass is 10.3. The maximum atomic E-state index is 11.3. The van der Waals surface area contributed by atoms with Crippen molar-refractivity contribution in [2.24, 2.45) is 0 Å². The number of nitrogens with zero attached hydrogens (tertiary/aromatic N) is 3. The van der Waals surface area contributed by atoms with Crippen LogP contribution in [0.15, 0.2) is 23.4 Å². The lowest BCUT2D eigenvalue weighted by Crippen LogP contribution is -2.23. The fourth-order valence-corrected chi connectivity index (χ4v) is 1.77. The number of carbonyl (C=O) groups is 1. The molecule has 0 bridgehead atoms. The normalized spacial score (nSPS) is 9.40. The molecular weight excluding hydrogens is 210 g/mol. The molecule has 1 aromatic heterocycles. The molecule has 0 unspecified atom stereocenters. The van der Waals surface area contributed by atoms with Crippen molar-refractivity contribution in [1.82, 2.24) is 9.88 Å². The summed E-state index contributed by atoms with van der Waals surface area (Å²) in [6.07, 6.45) is 1.61. The molecule has 0 atom stereocenters. The van der Waals surface area contributed by atoms with E-state index in [-0.39, 0.29) is 5.91 Å². The van der Waals surface area contributed by atoms with Gasteiger partial charge in [0.25, 0.3) is 0 Å². The molecule has 0 aromatic carbocycles.